The van der Waals surface area contributed by atoms with E-state index in [0.29, 0.717) is 17.5 Å². The number of carboxylic acids is 1. The Bertz CT molecular complexity index is 1110. The van der Waals surface area contributed by atoms with E-state index in [4.69, 9.17) is 11.6 Å². The van der Waals surface area contributed by atoms with Gasteiger partial charge in [0.15, 0.2) is 0 Å². The molecule has 1 aromatic heterocycles. The van der Waals surface area contributed by atoms with Crippen LogP contribution in [0.4, 0.5) is 0 Å². The number of hydrogen-bond donors (Lipinski definition) is 1. The third-order valence-corrected chi connectivity index (χ3v) is 6.98. The van der Waals surface area contributed by atoms with E-state index in [9.17, 15) is 9.90 Å². The molecule has 1 N–H and O–H groups in total. The summed E-state index contributed by atoms with van der Waals surface area (Å²) in [6, 6.07) is 14.3. The van der Waals surface area contributed by atoms with Crippen molar-refractivity contribution in [1.82, 2.24) is 4.57 Å². The molecule has 0 radical (unpaired) electrons. The highest BCUT2D eigenvalue weighted by Gasteiger charge is 2.38. The molecule has 3 rings (SSSR count). The molecule has 2 aromatic carbocycles. The van der Waals surface area contributed by atoms with Crippen LogP contribution >= 0.6 is 23.4 Å². The Morgan fingerprint density at radius 1 is 1.06 bits per heavy atom. The van der Waals surface area contributed by atoms with Crippen molar-refractivity contribution in [3.05, 3.63) is 64.3 Å². The van der Waals surface area contributed by atoms with Crippen molar-refractivity contribution in [3.8, 4) is 0 Å². The summed E-state index contributed by atoms with van der Waals surface area (Å²) >= 11 is 7.84. The highest BCUT2D eigenvalue weighted by atomic mass is 35.5. The van der Waals surface area contributed by atoms with Gasteiger partial charge in [-0.05, 0) is 55.2 Å². The molecule has 0 unspecified atom stereocenters. The molecule has 0 bridgehead atoms. The lowest BCUT2D eigenvalue weighted by atomic mass is 9.89. The topological polar surface area (TPSA) is 42.2 Å². The summed E-state index contributed by atoms with van der Waals surface area (Å²) in [5.41, 5.74) is 3.22. The normalized spacial score (nSPS) is 12.7. The van der Waals surface area contributed by atoms with Crippen LogP contribution in [0, 0.1) is 0 Å². The molecule has 0 aliphatic rings. The van der Waals surface area contributed by atoms with Crippen LogP contribution in [0.1, 0.15) is 71.2 Å². The summed E-state index contributed by atoms with van der Waals surface area (Å²) in [5, 5.41) is 12.0. The lowest BCUT2D eigenvalue weighted by Gasteiger charge is -2.26. The number of thioether (sulfide) groups is 1. The van der Waals surface area contributed by atoms with E-state index >= 15 is 0 Å². The summed E-state index contributed by atoms with van der Waals surface area (Å²) in [6.07, 6.45) is 0. The maximum absolute atomic E-state index is 12.4. The van der Waals surface area contributed by atoms with Gasteiger partial charge in [0.25, 0.3) is 0 Å². The van der Waals surface area contributed by atoms with Crippen molar-refractivity contribution < 1.29 is 9.90 Å². The van der Waals surface area contributed by atoms with Crippen LogP contribution in [0.5, 0.6) is 0 Å². The Kier molecular flexibility index (Phi) is 6.55. The van der Waals surface area contributed by atoms with E-state index in [2.05, 4.69) is 57.4 Å². The Labute approximate surface area is 194 Å². The predicted molar refractivity (Wildman–Crippen MR) is 133 cm³/mol. The molecule has 0 aliphatic heterocycles. The molecule has 0 atom stereocenters. The van der Waals surface area contributed by atoms with Gasteiger partial charge in [-0.25, -0.2) is 0 Å². The molecule has 3 aromatic rings. The van der Waals surface area contributed by atoms with Crippen molar-refractivity contribution in [2.45, 2.75) is 76.0 Å². The van der Waals surface area contributed by atoms with Crippen LogP contribution in [-0.2, 0) is 16.8 Å². The molecule has 5 heteroatoms. The number of hydrogen-bond acceptors (Lipinski definition) is 2. The number of halogens is 1. The van der Waals surface area contributed by atoms with E-state index in [1.165, 1.54) is 5.56 Å². The molecule has 1 heterocycles. The van der Waals surface area contributed by atoms with Crippen molar-refractivity contribution in [2.24, 2.45) is 0 Å². The predicted octanol–water partition coefficient (Wildman–Crippen LogP) is 7.72. The number of carbonyl (C=O) groups is 1. The maximum Gasteiger partial charge on any atom is 0.315 e. The third-order valence-electron chi connectivity index (χ3n) is 5.50. The van der Waals surface area contributed by atoms with E-state index in [-0.39, 0.29) is 4.75 Å². The summed E-state index contributed by atoms with van der Waals surface area (Å²) in [6.45, 7) is 15.1. The molecule has 166 valence electrons. The van der Waals surface area contributed by atoms with Gasteiger partial charge in [0.2, 0.25) is 0 Å². The minimum atomic E-state index is -1.04. The van der Waals surface area contributed by atoms with Gasteiger partial charge in [0.1, 0.15) is 5.41 Å². The van der Waals surface area contributed by atoms with E-state index in [1.54, 1.807) is 25.6 Å². The van der Waals surface area contributed by atoms with E-state index in [0.717, 1.165) is 27.1 Å². The molecular weight excluding hydrogens is 426 g/mol. The molecule has 3 nitrogen and oxygen atoms in total. The highest BCUT2D eigenvalue weighted by molar-refractivity contribution is 8.00. The van der Waals surface area contributed by atoms with Gasteiger partial charge < -0.3 is 9.67 Å². The van der Waals surface area contributed by atoms with E-state index in [1.807, 2.05) is 24.3 Å². The van der Waals surface area contributed by atoms with Gasteiger partial charge in [-0.2, -0.15) is 0 Å². The van der Waals surface area contributed by atoms with Crippen LogP contribution in [0.25, 0.3) is 10.9 Å². The smallest absolute Gasteiger partial charge is 0.315 e. The monoisotopic (exact) mass is 457 g/mol. The van der Waals surface area contributed by atoms with Crippen molar-refractivity contribution in [2.75, 3.05) is 0 Å². The average Bonchev–Trinajstić information content (AvgIpc) is 2.95. The zero-order chi connectivity index (χ0) is 23.1. The van der Waals surface area contributed by atoms with Gasteiger partial charge in [0.05, 0.1) is 0 Å². The SMILES string of the molecule is CC(C)c1ccc2c(c1)c(SC(C)(C)C)c(C(C)(C)C(=O)O)n2Cc1ccc(Cl)cc1. The molecule has 31 heavy (non-hydrogen) atoms. The van der Waals surface area contributed by atoms with Crippen LogP contribution in [0.15, 0.2) is 47.4 Å². The van der Waals surface area contributed by atoms with Crippen molar-refractivity contribution >= 4 is 40.2 Å². The summed E-state index contributed by atoms with van der Waals surface area (Å²) in [7, 11) is 0. The number of aromatic nitrogens is 1. The molecule has 0 fully saturated rings. The number of fused-ring (bicyclic) bond motifs is 1. The van der Waals surface area contributed by atoms with Gasteiger partial charge in [-0.1, -0.05) is 64.4 Å². The van der Waals surface area contributed by atoms with Crippen LogP contribution in [0.2, 0.25) is 5.02 Å². The number of aliphatic carboxylic acids is 1. The largest absolute Gasteiger partial charge is 0.481 e. The molecule has 0 aliphatic carbocycles. The molecule has 0 spiro atoms. The fourth-order valence-corrected chi connectivity index (χ4v) is 5.24. The van der Waals surface area contributed by atoms with Crippen molar-refractivity contribution in [3.63, 3.8) is 0 Å². The first-order valence-corrected chi connectivity index (χ1v) is 11.8. The number of carboxylic acid groups (broad SMARTS) is 1. The van der Waals surface area contributed by atoms with Gasteiger partial charge >= 0.3 is 5.97 Å². The number of benzene rings is 2. The van der Waals surface area contributed by atoms with Crippen LogP contribution in [0.3, 0.4) is 0 Å². The number of rotatable bonds is 6. The van der Waals surface area contributed by atoms with Gasteiger partial charge in [-0.3, -0.25) is 4.79 Å². The van der Waals surface area contributed by atoms with Gasteiger partial charge in [-0.15, -0.1) is 11.8 Å². The Morgan fingerprint density at radius 3 is 2.19 bits per heavy atom. The molecule has 0 saturated carbocycles. The quantitative estimate of drug-likeness (QED) is 0.385. The third kappa shape index (κ3) is 4.96. The minimum Gasteiger partial charge on any atom is -0.481 e. The lowest BCUT2D eigenvalue weighted by molar-refractivity contribution is -0.142. The van der Waals surface area contributed by atoms with E-state index < -0.39 is 11.4 Å². The second-order valence-corrected chi connectivity index (χ2v) is 12.2. The maximum atomic E-state index is 12.4. The Balaban J connectivity index is 2.37. The standard InChI is InChI=1S/C26H32ClNO2S/c1-16(2)18-10-13-21-20(14-18)22(31-25(3,4)5)23(26(6,7)24(29)30)28(21)15-17-8-11-19(27)12-9-17/h8-14,16H,15H2,1-7H3,(H,29,30). The van der Waals surface area contributed by atoms with Gasteiger partial charge in [0, 0.05) is 37.8 Å². The van der Waals surface area contributed by atoms with Crippen LogP contribution in [-0.4, -0.2) is 20.4 Å². The Morgan fingerprint density at radius 2 is 1.68 bits per heavy atom. The lowest BCUT2D eigenvalue weighted by Crippen LogP contribution is -2.32. The first-order valence-electron chi connectivity index (χ1n) is 10.6. The zero-order valence-electron chi connectivity index (χ0n) is 19.4. The first kappa shape index (κ1) is 23.7. The molecule has 0 amide bonds. The fourth-order valence-electron chi connectivity index (χ4n) is 3.77. The second-order valence-electron chi connectivity index (χ2n) is 9.97. The first-order chi connectivity index (χ1) is 14.3. The molecular formula is C26H32ClNO2S. The average molecular weight is 458 g/mol. The minimum absolute atomic E-state index is 0.0590. The fraction of sp³-hybridized carbons (Fsp3) is 0.423. The number of nitrogens with zero attached hydrogens (tertiary/aromatic N) is 1. The van der Waals surface area contributed by atoms with Crippen LogP contribution < -0.4 is 0 Å². The second kappa shape index (κ2) is 8.55. The van der Waals surface area contributed by atoms with Crippen molar-refractivity contribution in [1.29, 1.82) is 0 Å². The summed E-state index contributed by atoms with van der Waals surface area (Å²) < 4.78 is 2.13. The molecule has 0 saturated heterocycles. The zero-order valence-corrected chi connectivity index (χ0v) is 21.0. The summed E-state index contributed by atoms with van der Waals surface area (Å²) in [4.78, 5) is 13.5. The Hall–Kier alpha value is -1.91. The summed E-state index contributed by atoms with van der Waals surface area (Å²) in [5.74, 6) is -0.431. The highest BCUT2D eigenvalue weighted by Crippen LogP contribution is 2.46.